The van der Waals surface area contributed by atoms with Gasteiger partial charge in [0.25, 0.3) is 0 Å². The molecular formula is C20H33N3O3. The molecule has 0 fully saturated rings. The zero-order chi connectivity index (χ0) is 19.9. The second-order valence-electron chi connectivity index (χ2n) is 8.04. The molecular weight excluding hydrogens is 330 g/mol. The summed E-state index contributed by atoms with van der Waals surface area (Å²) in [5.74, 6) is 0.192. The number of amides is 2. The van der Waals surface area contributed by atoms with Crippen LogP contribution in [0.25, 0.3) is 0 Å². The van der Waals surface area contributed by atoms with Crippen molar-refractivity contribution in [2.45, 2.75) is 59.0 Å². The molecule has 6 nitrogen and oxygen atoms in total. The average Bonchev–Trinajstić information content (AvgIpc) is 2.56. The lowest BCUT2D eigenvalue weighted by atomic mass is 9.87. The smallest absolute Gasteiger partial charge is 0.239 e. The van der Waals surface area contributed by atoms with Crippen LogP contribution in [0.5, 0.6) is 5.75 Å². The van der Waals surface area contributed by atoms with E-state index < -0.39 is 6.04 Å². The van der Waals surface area contributed by atoms with E-state index in [2.05, 4.69) is 31.4 Å². The first-order valence-electron chi connectivity index (χ1n) is 9.06. The van der Waals surface area contributed by atoms with Crippen LogP contribution in [-0.2, 0) is 15.0 Å². The van der Waals surface area contributed by atoms with Gasteiger partial charge in [0.2, 0.25) is 11.8 Å². The van der Waals surface area contributed by atoms with E-state index in [1.165, 1.54) is 5.56 Å². The summed E-state index contributed by atoms with van der Waals surface area (Å²) < 4.78 is 5.71. The highest BCUT2D eigenvalue weighted by Crippen LogP contribution is 2.24. The van der Waals surface area contributed by atoms with Crippen LogP contribution in [0.1, 0.15) is 47.1 Å². The van der Waals surface area contributed by atoms with E-state index in [1.54, 1.807) is 0 Å². The van der Waals surface area contributed by atoms with Gasteiger partial charge in [-0.25, -0.2) is 0 Å². The van der Waals surface area contributed by atoms with Gasteiger partial charge >= 0.3 is 0 Å². The molecule has 2 atom stereocenters. The maximum atomic E-state index is 11.9. The molecule has 0 saturated heterocycles. The van der Waals surface area contributed by atoms with Crippen LogP contribution in [0, 0.1) is 5.92 Å². The van der Waals surface area contributed by atoms with Gasteiger partial charge in [0.05, 0.1) is 18.6 Å². The molecule has 0 aliphatic rings. The summed E-state index contributed by atoms with van der Waals surface area (Å²) in [5.41, 5.74) is 7.07. The van der Waals surface area contributed by atoms with Crippen molar-refractivity contribution in [3.63, 3.8) is 0 Å². The number of carbonyl (C=O) groups is 2. The van der Waals surface area contributed by atoms with Gasteiger partial charge < -0.3 is 21.1 Å². The van der Waals surface area contributed by atoms with Crippen LogP contribution in [0.4, 0.5) is 0 Å². The molecule has 1 aromatic rings. The van der Waals surface area contributed by atoms with Gasteiger partial charge in [-0.15, -0.1) is 0 Å². The summed E-state index contributed by atoms with van der Waals surface area (Å²) in [5, 5.41) is 5.34. The van der Waals surface area contributed by atoms with E-state index in [-0.39, 0.29) is 35.7 Å². The van der Waals surface area contributed by atoms with Crippen LogP contribution in [-0.4, -0.2) is 37.0 Å². The van der Waals surface area contributed by atoms with Crippen molar-refractivity contribution < 1.29 is 14.3 Å². The third-order valence-corrected chi connectivity index (χ3v) is 4.07. The van der Waals surface area contributed by atoms with Crippen molar-refractivity contribution in [1.29, 1.82) is 0 Å². The molecule has 1 aromatic carbocycles. The van der Waals surface area contributed by atoms with Gasteiger partial charge in [0.15, 0.2) is 0 Å². The van der Waals surface area contributed by atoms with E-state index in [4.69, 9.17) is 10.5 Å². The fourth-order valence-electron chi connectivity index (χ4n) is 2.23. The Bertz CT molecular complexity index is 591. The van der Waals surface area contributed by atoms with Crippen molar-refractivity contribution in [2.24, 2.45) is 11.7 Å². The standard InChI is InChI=1S/C20H33N3O3/c1-13(2)18(21)19(25)22-11-17(24)23-14(3)12-26-16-9-7-15(8-10-16)20(4,5)6/h7-10,13-14,18H,11-12,21H2,1-6H3,(H,22,25)(H,23,24)/t14?,18-/m0/s1. The molecule has 1 unspecified atom stereocenters. The first kappa shape index (κ1) is 22.0. The quantitative estimate of drug-likeness (QED) is 0.658. The Morgan fingerprint density at radius 1 is 1.12 bits per heavy atom. The van der Waals surface area contributed by atoms with Crippen LogP contribution in [0.15, 0.2) is 24.3 Å². The van der Waals surface area contributed by atoms with Gasteiger partial charge in [0, 0.05) is 0 Å². The maximum absolute atomic E-state index is 11.9. The van der Waals surface area contributed by atoms with Crippen molar-refractivity contribution in [1.82, 2.24) is 10.6 Å². The highest BCUT2D eigenvalue weighted by atomic mass is 16.5. The van der Waals surface area contributed by atoms with Crippen molar-refractivity contribution in [3.05, 3.63) is 29.8 Å². The Morgan fingerprint density at radius 2 is 1.69 bits per heavy atom. The van der Waals surface area contributed by atoms with Crippen LogP contribution in [0.2, 0.25) is 0 Å². The van der Waals surface area contributed by atoms with E-state index in [0.717, 1.165) is 5.75 Å². The number of benzene rings is 1. The fourth-order valence-corrected chi connectivity index (χ4v) is 2.23. The number of nitrogens with one attached hydrogen (secondary N) is 2. The Hall–Kier alpha value is -2.08. The lowest BCUT2D eigenvalue weighted by molar-refractivity contribution is -0.127. The summed E-state index contributed by atoms with van der Waals surface area (Å²) >= 11 is 0. The normalized spacial score (nSPS) is 13.8. The van der Waals surface area contributed by atoms with Gasteiger partial charge in [-0.2, -0.15) is 0 Å². The van der Waals surface area contributed by atoms with E-state index >= 15 is 0 Å². The lowest BCUT2D eigenvalue weighted by Gasteiger charge is -2.20. The highest BCUT2D eigenvalue weighted by molar-refractivity contribution is 5.87. The van der Waals surface area contributed by atoms with E-state index in [9.17, 15) is 9.59 Å². The molecule has 146 valence electrons. The molecule has 26 heavy (non-hydrogen) atoms. The SMILES string of the molecule is CC(COc1ccc(C(C)(C)C)cc1)NC(=O)CNC(=O)[C@@H](N)C(C)C. The molecule has 0 heterocycles. The molecule has 2 amide bonds. The van der Waals surface area contributed by atoms with Crippen LogP contribution >= 0.6 is 0 Å². The molecule has 6 heteroatoms. The minimum atomic E-state index is -0.611. The van der Waals surface area contributed by atoms with Crippen molar-refractivity contribution >= 4 is 11.8 Å². The molecule has 1 rings (SSSR count). The summed E-state index contributed by atoms with van der Waals surface area (Å²) in [4.78, 5) is 23.6. The Kier molecular flexibility index (Phi) is 8.08. The first-order chi connectivity index (χ1) is 12.0. The van der Waals surface area contributed by atoms with Crippen molar-refractivity contribution in [2.75, 3.05) is 13.2 Å². The molecule has 0 aliphatic carbocycles. The summed E-state index contributed by atoms with van der Waals surface area (Å²) in [6, 6.07) is 7.17. The third-order valence-electron chi connectivity index (χ3n) is 4.07. The molecule has 4 N–H and O–H groups in total. The minimum Gasteiger partial charge on any atom is -0.491 e. The zero-order valence-electron chi connectivity index (χ0n) is 16.8. The molecule has 0 aromatic heterocycles. The zero-order valence-corrected chi connectivity index (χ0v) is 16.8. The first-order valence-corrected chi connectivity index (χ1v) is 9.06. The number of ether oxygens (including phenoxy) is 1. The van der Waals surface area contributed by atoms with E-state index in [0.29, 0.717) is 6.61 Å². The third kappa shape index (κ3) is 7.44. The Labute approximate surface area is 156 Å². The Morgan fingerprint density at radius 3 is 2.19 bits per heavy atom. The second-order valence-corrected chi connectivity index (χ2v) is 8.04. The number of rotatable bonds is 8. The predicted molar refractivity (Wildman–Crippen MR) is 104 cm³/mol. The number of hydrogen-bond donors (Lipinski definition) is 3. The molecule has 0 spiro atoms. The van der Waals surface area contributed by atoms with Gasteiger partial charge in [-0.3, -0.25) is 9.59 Å². The number of nitrogens with two attached hydrogens (primary N) is 1. The summed E-state index contributed by atoms with van der Waals surface area (Å²) in [7, 11) is 0. The summed E-state index contributed by atoms with van der Waals surface area (Å²) in [6.07, 6.45) is 0. The average molecular weight is 364 g/mol. The molecule has 0 bridgehead atoms. The number of hydrogen-bond acceptors (Lipinski definition) is 4. The van der Waals surface area contributed by atoms with Gasteiger partial charge in [-0.1, -0.05) is 46.8 Å². The highest BCUT2D eigenvalue weighted by Gasteiger charge is 2.18. The van der Waals surface area contributed by atoms with Gasteiger partial charge in [0.1, 0.15) is 12.4 Å². The molecule has 0 aliphatic heterocycles. The minimum absolute atomic E-state index is 0.0232. The maximum Gasteiger partial charge on any atom is 0.239 e. The Balaban J connectivity index is 2.36. The largest absolute Gasteiger partial charge is 0.491 e. The summed E-state index contributed by atoms with van der Waals surface area (Å²) in [6.45, 7) is 12.3. The topological polar surface area (TPSA) is 93.5 Å². The fraction of sp³-hybridized carbons (Fsp3) is 0.600. The van der Waals surface area contributed by atoms with Crippen LogP contribution < -0.4 is 21.1 Å². The predicted octanol–water partition coefficient (Wildman–Crippen LogP) is 1.97. The molecule has 0 radical (unpaired) electrons. The van der Waals surface area contributed by atoms with Crippen LogP contribution in [0.3, 0.4) is 0 Å². The second kappa shape index (κ2) is 9.57. The molecule has 0 saturated carbocycles. The van der Waals surface area contributed by atoms with Gasteiger partial charge in [-0.05, 0) is 36.0 Å². The lowest BCUT2D eigenvalue weighted by Crippen LogP contribution is -2.48. The van der Waals surface area contributed by atoms with Crippen molar-refractivity contribution in [3.8, 4) is 5.75 Å². The van der Waals surface area contributed by atoms with E-state index in [1.807, 2.05) is 45.0 Å². The monoisotopic (exact) mass is 363 g/mol. The number of carbonyl (C=O) groups excluding carboxylic acids is 2.